The first kappa shape index (κ1) is 12.1. The lowest BCUT2D eigenvalue weighted by Crippen LogP contribution is -2.33. The topological polar surface area (TPSA) is 58.0 Å². The Bertz CT molecular complexity index is 417. The van der Waals surface area contributed by atoms with E-state index in [1.807, 2.05) is 0 Å². The van der Waals surface area contributed by atoms with Crippen molar-refractivity contribution in [2.24, 2.45) is 5.11 Å². The molecule has 0 aromatic heterocycles. The normalized spacial score (nSPS) is 11.1. The quantitative estimate of drug-likeness (QED) is 0.338. The summed E-state index contributed by atoms with van der Waals surface area (Å²) in [5, 5.41) is 3.03. The number of rotatable bonds is 4. The van der Waals surface area contributed by atoms with Crippen molar-refractivity contribution < 1.29 is 22.3 Å². The second-order valence-electron chi connectivity index (χ2n) is 2.62. The highest BCUT2D eigenvalue weighted by atomic mass is 19.3. The number of para-hydroxylation sites is 1. The lowest BCUT2D eigenvalue weighted by atomic mass is 10.3. The van der Waals surface area contributed by atoms with Crippen LogP contribution in [0, 0.1) is 0 Å². The third-order valence-corrected chi connectivity index (χ3v) is 1.52. The Morgan fingerprint density at radius 2 is 1.94 bits per heavy atom. The number of hydrogen-bond acceptors (Lipinski definition) is 2. The average molecular weight is 235 g/mol. The molecule has 86 valence electrons. The van der Waals surface area contributed by atoms with Crippen molar-refractivity contribution in [1.29, 1.82) is 0 Å². The molecule has 1 aromatic carbocycles. The van der Waals surface area contributed by atoms with Crippen LogP contribution in [0.3, 0.4) is 0 Å². The second kappa shape index (κ2) is 4.71. The van der Waals surface area contributed by atoms with Crippen LogP contribution in [-0.4, -0.2) is 12.5 Å². The molecular weight excluding hydrogens is 230 g/mol. The zero-order valence-electron chi connectivity index (χ0n) is 7.65. The van der Waals surface area contributed by atoms with Crippen molar-refractivity contribution in [2.75, 3.05) is 0 Å². The first-order chi connectivity index (χ1) is 7.47. The highest BCUT2D eigenvalue weighted by Crippen LogP contribution is 2.33. The largest absolute Gasteiger partial charge is 0.461 e. The molecule has 0 saturated carbocycles. The van der Waals surface area contributed by atoms with Gasteiger partial charge in [-0.15, -0.1) is 0 Å². The Balaban J connectivity index is 3.01. The SMILES string of the molecule is [N-]=[N+]=Nc1ccccc1OC(F)(F)C(F)F. The van der Waals surface area contributed by atoms with E-state index in [9.17, 15) is 17.6 Å². The van der Waals surface area contributed by atoms with Crippen LogP contribution in [0.25, 0.3) is 10.4 Å². The first-order valence-corrected chi connectivity index (χ1v) is 3.96. The summed E-state index contributed by atoms with van der Waals surface area (Å²) in [6, 6.07) is 4.83. The molecule has 0 saturated heterocycles. The average Bonchev–Trinajstić information content (AvgIpc) is 2.20. The molecule has 1 rings (SSSR count). The van der Waals surface area contributed by atoms with Crippen LogP contribution in [0.4, 0.5) is 23.2 Å². The number of alkyl halides is 4. The first-order valence-electron chi connectivity index (χ1n) is 3.96. The molecule has 0 unspecified atom stereocenters. The summed E-state index contributed by atoms with van der Waals surface area (Å²) in [6.07, 6.45) is -8.59. The lowest BCUT2D eigenvalue weighted by molar-refractivity contribution is -0.252. The monoisotopic (exact) mass is 235 g/mol. The molecule has 0 heterocycles. The van der Waals surface area contributed by atoms with Crippen molar-refractivity contribution in [3.8, 4) is 5.75 Å². The summed E-state index contributed by atoms with van der Waals surface area (Å²) in [4.78, 5) is 2.35. The van der Waals surface area contributed by atoms with E-state index in [4.69, 9.17) is 5.53 Å². The van der Waals surface area contributed by atoms with Crippen LogP contribution in [0.1, 0.15) is 0 Å². The van der Waals surface area contributed by atoms with Crippen LogP contribution in [0.5, 0.6) is 5.75 Å². The van der Waals surface area contributed by atoms with Crippen LogP contribution in [0.2, 0.25) is 0 Å². The van der Waals surface area contributed by atoms with Crippen molar-refractivity contribution in [3.05, 3.63) is 34.7 Å². The Kier molecular flexibility index (Phi) is 3.57. The van der Waals surface area contributed by atoms with Crippen molar-refractivity contribution in [2.45, 2.75) is 12.5 Å². The van der Waals surface area contributed by atoms with E-state index in [1.165, 1.54) is 12.1 Å². The zero-order chi connectivity index (χ0) is 12.2. The summed E-state index contributed by atoms with van der Waals surface area (Å²) in [5.41, 5.74) is 7.83. The maximum absolute atomic E-state index is 12.5. The van der Waals surface area contributed by atoms with Gasteiger partial charge in [0.05, 0.1) is 5.69 Å². The lowest BCUT2D eigenvalue weighted by Gasteiger charge is -2.17. The third kappa shape index (κ3) is 2.77. The molecular formula is C8H5F4N3O. The second-order valence-corrected chi connectivity index (χ2v) is 2.62. The van der Waals surface area contributed by atoms with Gasteiger partial charge in [0.15, 0.2) is 0 Å². The highest BCUT2D eigenvalue weighted by molar-refractivity contribution is 5.51. The van der Waals surface area contributed by atoms with Gasteiger partial charge in [-0.3, -0.25) is 0 Å². The number of halogens is 4. The smallest absolute Gasteiger partial charge is 0.428 e. The van der Waals surface area contributed by atoms with E-state index >= 15 is 0 Å². The molecule has 1 aromatic rings. The van der Waals surface area contributed by atoms with E-state index in [1.54, 1.807) is 0 Å². The number of hydrogen-bond donors (Lipinski definition) is 0. The van der Waals surface area contributed by atoms with Gasteiger partial charge in [-0.1, -0.05) is 17.2 Å². The van der Waals surface area contributed by atoms with Crippen LogP contribution >= 0.6 is 0 Å². The van der Waals surface area contributed by atoms with Crippen LogP contribution in [-0.2, 0) is 0 Å². The van der Waals surface area contributed by atoms with Gasteiger partial charge in [-0.25, -0.2) is 0 Å². The molecule has 0 fully saturated rings. The number of ether oxygens (including phenoxy) is 1. The molecule has 0 radical (unpaired) electrons. The van der Waals surface area contributed by atoms with Gasteiger partial charge in [0, 0.05) is 4.91 Å². The molecule has 16 heavy (non-hydrogen) atoms. The molecule has 8 heteroatoms. The molecule has 0 aliphatic rings. The number of azide groups is 1. The predicted octanol–water partition coefficient (Wildman–Crippen LogP) is 3.87. The van der Waals surface area contributed by atoms with Gasteiger partial charge in [0.2, 0.25) is 0 Å². The molecule has 4 nitrogen and oxygen atoms in total. The van der Waals surface area contributed by atoms with Gasteiger partial charge >= 0.3 is 12.5 Å². The molecule has 0 bridgehead atoms. The molecule has 0 spiro atoms. The highest BCUT2D eigenvalue weighted by Gasteiger charge is 2.44. The minimum absolute atomic E-state index is 0.287. The van der Waals surface area contributed by atoms with Gasteiger partial charge in [-0.05, 0) is 17.7 Å². The molecule has 0 atom stereocenters. The Hall–Kier alpha value is -1.95. The van der Waals surface area contributed by atoms with Crippen LogP contribution < -0.4 is 4.74 Å². The molecule has 0 aliphatic carbocycles. The number of benzene rings is 1. The Labute approximate surface area is 87.1 Å². The molecule has 0 N–H and O–H groups in total. The molecule has 0 amide bonds. The summed E-state index contributed by atoms with van der Waals surface area (Å²) in [6.45, 7) is 0. The fourth-order valence-electron chi connectivity index (χ4n) is 0.865. The van der Waals surface area contributed by atoms with Gasteiger partial charge in [-0.2, -0.15) is 17.6 Å². The Morgan fingerprint density at radius 3 is 2.50 bits per heavy atom. The van der Waals surface area contributed by atoms with Gasteiger partial charge in [0.25, 0.3) is 0 Å². The summed E-state index contributed by atoms with van der Waals surface area (Å²) in [5.74, 6) is -0.606. The minimum atomic E-state index is -4.62. The fourth-order valence-corrected chi connectivity index (χ4v) is 0.865. The fraction of sp³-hybridized carbons (Fsp3) is 0.250. The number of nitrogens with zero attached hydrogens (tertiary/aromatic N) is 3. The van der Waals surface area contributed by atoms with Crippen LogP contribution in [0.15, 0.2) is 29.4 Å². The van der Waals surface area contributed by atoms with E-state index in [0.717, 1.165) is 12.1 Å². The minimum Gasteiger partial charge on any atom is -0.428 e. The van der Waals surface area contributed by atoms with Crippen molar-refractivity contribution in [1.82, 2.24) is 0 Å². The predicted molar refractivity (Wildman–Crippen MR) is 46.8 cm³/mol. The van der Waals surface area contributed by atoms with E-state index in [-0.39, 0.29) is 5.69 Å². The van der Waals surface area contributed by atoms with Gasteiger partial charge < -0.3 is 4.74 Å². The summed E-state index contributed by atoms with van der Waals surface area (Å²) in [7, 11) is 0. The van der Waals surface area contributed by atoms with Gasteiger partial charge in [0.1, 0.15) is 5.75 Å². The van der Waals surface area contributed by atoms with E-state index in [0.29, 0.717) is 0 Å². The maximum Gasteiger partial charge on any atom is 0.461 e. The molecule has 0 aliphatic heterocycles. The van der Waals surface area contributed by atoms with E-state index < -0.39 is 18.3 Å². The van der Waals surface area contributed by atoms with E-state index in [2.05, 4.69) is 14.8 Å². The third-order valence-electron chi connectivity index (χ3n) is 1.52. The Morgan fingerprint density at radius 1 is 1.31 bits per heavy atom. The zero-order valence-corrected chi connectivity index (χ0v) is 7.65. The standard InChI is InChI=1S/C8H5F4N3O/c9-7(10)8(11,12)16-6-4-2-1-3-5(6)14-15-13/h1-4,7H. The summed E-state index contributed by atoms with van der Waals surface area (Å²) < 4.78 is 52.6. The van der Waals surface area contributed by atoms with Crippen molar-refractivity contribution in [3.63, 3.8) is 0 Å². The maximum atomic E-state index is 12.5. The summed E-state index contributed by atoms with van der Waals surface area (Å²) >= 11 is 0. The van der Waals surface area contributed by atoms with Crippen molar-refractivity contribution >= 4 is 5.69 Å².